The van der Waals surface area contributed by atoms with Crippen LogP contribution in [0.15, 0.2) is 36.4 Å². The lowest BCUT2D eigenvalue weighted by molar-refractivity contribution is -0.385. The molecule has 2 rings (SSSR count). The Morgan fingerprint density at radius 1 is 1.20 bits per heavy atom. The number of hydrogen-bond acceptors (Lipinski definition) is 4. The predicted molar refractivity (Wildman–Crippen MR) is 78.0 cm³/mol. The summed E-state index contributed by atoms with van der Waals surface area (Å²) in [4.78, 5) is 10.5. The highest BCUT2D eigenvalue weighted by Gasteiger charge is 2.13. The highest BCUT2D eigenvalue weighted by molar-refractivity contribution is 5.59. The molecular weight excluding hydrogens is 256 g/mol. The van der Waals surface area contributed by atoms with Crippen LogP contribution in [0, 0.1) is 24.0 Å². The summed E-state index contributed by atoms with van der Waals surface area (Å²) >= 11 is 0. The number of aromatic hydroxyl groups is 1. The Labute approximate surface area is 117 Å². The Balaban J connectivity index is 2.18. The van der Waals surface area contributed by atoms with Crippen molar-refractivity contribution in [3.05, 3.63) is 63.2 Å². The number of nitro benzene ring substituents is 1. The average Bonchev–Trinajstić information content (AvgIpc) is 2.39. The molecule has 0 aliphatic rings. The SMILES string of the molecule is Cc1cc([N+](=O)[O-])c(C)cc1NCc1cccc(O)c1. The Morgan fingerprint density at radius 2 is 1.95 bits per heavy atom. The summed E-state index contributed by atoms with van der Waals surface area (Å²) in [5.74, 6) is 0.223. The Hall–Kier alpha value is -2.56. The molecule has 0 bridgehead atoms. The van der Waals surface area contributed by atoms with Crippen molar-refractivity contribution >= 4 is 11.4 Å². The molecule has 0 fully saturated rings. The summed E-state index contributed by atoms with van der Waals surface area (Å²) in [6, 6.07) is 10.3. The van der Waals surface area contributed by atoms with Crippen molar-refractivity contribution in [1.29, 1.82) is 0 Å². The second kappa shape index (κ2) is 5.61. The summed E-state index contributed by atoms with van der Waals surface area (Å²) in [5.41, 5.74) is 3.38. The normalized spacial score (nSPS) is 10.3. The summed E-state index contributed by atoms with van der Waals surface area (Å²) in [5, 5.41) is 23.5. The number of nitro groups is 1. The molecule has 0 aliphatic carbocycles. The van der Waals surface area contributed by atoms with Crippen molar-refractivity contribution in [1.82, 2.24) is 0 Å². The van der Waals surface area contributed by atoms with Crippen molar-refractivity contribution in [2.75, 3.05) is 5.32 Å². The molecule has 0 saturated carbocycles. The molecular formula is C15H16N2O3. The third-order valence-electron chi connectivity index (χ3n) is 3.13. The number of phenolic OH excluding ortho intramolecular Hbond substituents is 1. The van der Waals surface area contributed by atoms with Gasteiger partial charge in [0.2, 0.25) is 0 Å². The molecule has 0 unspecified atom stereocenters. The Morgan fingerprint density at radius 3 is 2.60 bits per heavy atom. The average molecular weight is 272 g/mol. The fraction of sp³-hybridized carbons (Fsp3) is 0.200. The first-order valence-electron chi connectivity index (χ1n) is 6.25. The first-order chi connectivity index (χ1) is 9.47. The van der Waals surface area contributed by atoms with E-state index in [9.17, 15) is 15.2 Å². The van der Waals surface area contributed by atoms with Crippen LogP contribution in [0.4, 0.5) is 11.4 Å². The summed E-state index contributed by atoms with van der Waals surface area (Å²) < 4.78 is 0. The van der Waals surface area contributed by atoms with Crippen molar-refractivity contribution in [2.45, 2.75) is 20.4 Å². The molecule has 2 N–H and O–H groups in total. The molecule has 2 aromatic carbocycles. The number of nitrogens with one attached hydrogen (secondary N) is 1. The van der Waals surface area contributed by atoms with E-state index in [-0.39, 0.29) is 16.4 Å². The van der Waals surface area contributed by atoms with Gasteiger partial charge in [0.05, 0.1) is 4.92 Å². The van der Waals surface area contributed by atoms with Gasteiger partial charge in [0.1, 0.15) is 5.75 Å². The van der Waals surface area contributed by atoms with Crippen molar-refractivity contribution in [3.63, 3.8) is 0 Å². The minimum atomic E-state index is -0.374. The van der Waals surface area contributed by atoms with Crippen LogP contribution in [0.5, 0.6) is 5.75 Å². The van der Waals surface area contributed by atoms with Gasteiger partial charge in [-0.2, -0.15) is 0 Å². The van der Waals surface area contributed by atoms with Gasteiger partial charge in [0, 0.05) is 23.9 Å². The summed E-state index contributed by atoms with van der Waals surface area (Å²) in [6.07, 6.45) is 0. The van der Waals surface area contributed by atoms with E-state index in [2.05, 4.69) is 5.32 Å². The monoisotopic (exact) mass is 272 g/mol. The van der Waals surface area contributed by atoms with Gasteiger partial charge >= 0.3 is 0 Å². The first kappa shape index (κ1) is 13.9. The van der Waals surface area contributed by atoms with Gasteiger partial charge in [-0.25, -0.2) is 0 Å². The van der Waals surface area contributed by atoms with E-state index >= 15 is 0 Å². The zero-order valence-corrected chi connectivity index (χ0v) is 11.4. The molecule has 0 amide bonds. The second-order valence-corrected chi connectivity index (χ2v) is 4.73. The van der Waals surface area contributed by atoms with Crippen LogP contribution in [0.1, 0.15) is 16.7 Å². The number of rotatable bonds is 4. The first-order valence-corrected chi connectivity index (χ1v) is 6.25. The molecule has 0 aromatic heterocycles. The van der Waals surface area contributed by atoms with Gasteiger partial charge in [0.25, 0.3) is 5.69 Å². The van der Waals surface area contributed by atoms with E-state index in [0.29, 0.717) is 12.1 Å². The molecule has 0 radical (unpaired) electrons. The quantitative estimate of drug-likeness (QED) is 0.659. The molecule has 2 aromatic rings. The third-order valence-corrected chi connectivity index (χ3v) is 3.13. The molecule has 0 saturated heterocycles. The molecule has 104 valence electrons. The number of hydrogen-bond donors (Lipinski definition) is 2. The highest BCUT2D eigenvalue weighted by Crippen LogP contribution is 2.26. The number of phenols is 1. The van der Waals surface area contributed by atoms with Crippen LogP contribution in [0.3, 0.4) is 0 Å². The maximum absolute atomic E-state index is 10.9. The van der Waals surface area contributed by atoms with Gasteiger partial charge < -0.3 is 10.4 Å². The van der Waals surface area contributed by atoms with Crippen LogP contribution >= 0.6 is 0 Å². The van der Waals surface area contributed by atoms with Crippen molar-refractivity contribution in [2.24, 2.45) is 0 Å². The lowest BCUT2D eigenvalue weighted by Crippen LogP contribution is -2.02. The second-order valence-electron chi connectivity index (χ2n) is 4.73. The fourth-order valence-electron chi connectivity index (χ4n) is 2.05. The van der Waals surface area contributed by atoms with Gasteiger partial charge in [-0.05, 0) is 43.2 Å². The largest absolute Gasteiger partial charge is 0.508 e. The molecule has 5 heteroatoms. The van der Waals surface area contributed by atoms with E-state index < -0.39 is 0 Å². The number of nitrogens with zero attached hydrogens (tertiary/aromatic N) is 1. The summed E-state index contributed by atoms with van der Waals surface area (Å²) in [6.45, 7) is 4.10. The molecule has 5 nitrogen and oxygen atoms in total. The van der Waals surface area contributed by atoms with E-state index in [1.54, 1.807) is 37.3 Å². The summed E-state index contributed by atoms with van der Waals surface area (Å²) in [7, 11) is 0. The maximum Gasteiger partial charge on any atom is 0.272 e. The number of benzene rings is 2. The third kappa shape index (κ3) is 3.06. The zero-order valence-electron chi connectivity index (χ0n) is 11.4. The van der Waals surface area contributed by atoms with E-state index in [4.69, 9.17) is 0 Å². The lowest BCUT2D eigenvalue weighted by atomic mass is 10.1. The molecule has 20 heavy (non-hydrogen) atoms. The van der Waals surface area contributed by atoms with Crippen LogP contribution in [0.2, 0.25) is 0 Å². The van der Waals surface area contributed by atoms with Gasteiger partial charge in [0.15, 0.2) is 0 Å². The van der Waals surface area contributed by atoms with Gasteiger partial charge in [-0.3, -0.25) is 10.1 Å². The maximum atomic E-state index is 10.9. The zero-order chi connectivity index (χ0) is 14.7. The van der Waals surface area contributed by atoms with E-state index in [1.165, 1.54) is 0 Å². The molecule has 0 spiro atoms. The minimum Gasteiger partial charge on any atom is -0.508 e. The van der Waals surface area contributed by atoms with Crippen LogP contribution in [-0.2, 0) is 6.54 Å². The smallest absolute Gasteiger partial charge is 0.272 e. The lowest BCUT2D eigenvalue weighted by Gasteiger charge is -2.11. The van der Waals surface area contributed by atoms with E-state index in [0.717, 1.165) is 16.8 Å². The predicted octanol–water partition coefficient (Wildman–Crippen LogP) is 3.53. The standard InChI is InChI=1S/C15H16N2O3/c1-10-7-15(17(19)20)11(2)6-14(10)16-9-12-4-3-5-13(18)8-12/h3-8,16,18H,9H2,1-2H3. The van der Waals surface area contributed by atoms with Gasteiger partial charge in [-0.1, -0.05) is 12.1 Å². The van der Waals surface area contributed by atoms with Crippen LogP contribution < -0.4 is 5.32 Å². The minimum absolute atomic E-state index is 0.130. The highest BCUT2D eigenvalue weighted by atomic mass is 16.6. The molecule has 0 atom stereocenters. The van der Waals surface area contributed by atoms with Crippen molar-refractivity contribution in [3.8, 4) is 5.75 Å². The van der Waals surface area contributed by atoms with Crippen LogP contribution in [0.25, 0.3) is 0 Å². The number of aryl methyl sites for hydroxylation is 2. The molecule has 0 heterocycles. The Kier molecular flexibility index (Phi) is 3.89. The van der Waals surface area contributed by atoms with Crippen LogP contribution in [-0.4, -0.2) is 10.0 Å². The van der Waals surface area contributed by atoms with Gasteiger partial charge in [-0.15, -0.1) is 0 Å². The Bertz CT molecular complexity index is 654. The number of anilines is 1. The van der Waals surface area contributed by atoms with Crippen molar-refractivity contribution < 1.29 is 10.0 Å². The van der Waals surface area contributed by atoms with E-state index in [1.807, 2.05) is 13.0 Å². The molecule has 0 aliphatic heterocycles. The topological polar surface area (TPSA) is 75.4 Å². The fourth-order valence-corrected chi connectivity index (χ4v) is 2.05.